The Labute approximate surface area is 122 Å². The van der Waals surface area contributed by atoms with Crippen molar-refractivity contribution in [2.24, 2.45) is 0 Å². The predicted molar refractivity (Wildman–Crippen MR) is 82.9 cm³/mol. The van der Waals surface area contributed by atoms with Crippen LogP contribution in [0.15, 0.2) is 24.3 Å². The maximum atomic E-state index is 11.3. The van der Waals surface area contributed by atoms with Crippen molar-refractivity contribution in [1.82, 2.24) is 5.32 Å². The van der Waals surface area contributed by atoms with Crippen molar-refractivity contribution in [3.8, 4) is 5.75 Å². The van der Waals surface area contributed by atoms with Gasteiger partial charge in [0.1, 0.15) is 15.6 Å². The lowest BCUT2D eigenvalue weighted by Gasteiger charge is -2.09. The van der Waals surface area contributed by atoms with Gasteiger partial charge in [-0.2, -0.15) is 0 Å². The van der Waals surface area contributed by atoms with Crippen LogP contribution in [0.4, 0.5) is 0 Å². The molecule has 1 rings (SSSR count). The van der Waals surface area contributed by atoms with Crippen LogP contribution in [0.3, 0.4) is 0 Å². The van der Waals surface area contributed by atoms with Gasteiger partial charge in [-0.15, -0.1) is 0 Å². The van der Waals surface area contributed by atoms with Gasteiger partial charge in [-0.25, -0.2) is 8.42 Å². The van der Waals surface area contributed by atoms with E-state index >= 15 is 0 Å². The molecule has 0 aliphatic heterocycles. The molecule has 0 aromatic heterocycles. The molecule has 0 saturated heterocycles. The van der Waals surface area contributed by atoms with Gasteiger partial charge in [0.15, 0.2) is 0 Å². The molecule has 1 aromatic carbocycles. The van der Waals surface area contributed by atoms with Gasteiger partial charge in [0, 0.05) is 18.3 Å². The average molecular weight is 299 g/mol. The van der Waals surface area contributed by atoms with E-state index in [0.717, 1.165) is 12.3 Å². The summed E-state index contributed by atoms with van der Waals surface area (Å²) < 4.78 is 28.2. The minimum absolute atomic E-state index is 0.194. The van der Waals surface area contributed by atoms with Gasteiger partial charge in [0.25, 0.3) is 0 Å². The van der Waals surface area contributed by atoms with Gasteiger partial charge >= 0.3 is 0 Å². The largest absolute Gasteiger partial charge is 0.494 e. The fourth-order valence-electron chi connectivity index (χ4n) is 1.64. The summed E-state index contributed by atoms with van der Waals surface area (Å²) in [7, 11) is -2.88. The highest BCUT2D eigenvalue weighted by Gasteiger charge is 2.06. The number of benzene rings is 1. The highest BCUT2D eigenvalue weighted by atomic mass is 32.2. The maximum Gasteiger partial charge on any atom is 0.150 e. The molecule has 0 fully saturated rings. The van der Waals surface area contributed by atoms with Gasteiger partial charge in [-0.1, -0.05) is 32.9 Å². The van der Waals surface area contributed by atoms with Gasteiger partial charge in [-0.3, -0.25) is 0 Å². The Morgan fingerprint density at radius 3 is 2.40 bits per heavy atom. The molecule has 114 valence electrons. The van der Waals surface area contributed by atoms with Crippen LogP contribution in [0.5, 0.6) is 5.75 Å². The third-order valence-electron chi connectivity index (χ3n) is 2.95. The molecule has 0 amide bonds. The minimum Gasteiger partial charge on any atom is -0.494 e. The Balaban J connectivity index is 2.31. The van der Waals surface area contributed by atoms with Crippen LogP contribution in [0.2, 0.25) is 0 Å². The zero-order valence-electron chi connectivity index (χ0n) is 12.6. The van der Waals surface area contributed by atoms with Crippen LogP contribution in [-0.2, 0) is 16.4 Å². The molecule has 0 bridgehead atoms. The fraction of sp³-hybridized carbons (Fsp3) is 0.600. The molecule has 0 atom stereocenters. The van der Waals surface area contributed by atoms with E-state index < -0.39 is 9.84 Å². The zero-order chi connectivity index (χ0) is 15.0. The zero-order valence-corrected chi connectivity index (χ0v) is 13.4. The molecule has 0 saturated carbocycles. The molecule has 5 heteroatoms. The topological polar surface area (TPSA) is 55.4 Å². The second-order valence-electron chi connectivity index (χ2n) is 5.12. The summed E-state index contributed by atoms with van der Waals surface area (Å²) in [5, 5.41) is 3.35. The Morgan fingerprint density at radius 1 is 1.20 bits per heavy atom. The van der Waals surface area contributed by atoms with Gasteiger partial charge in [0.05, 0.1) is 12.4 Å². The predicted octanol–water partition coefficient (Wildman–Crippen LogP) is 2.39. The van der Waals surface area contributed by atoms with Crippen molar-refractivity contribution in [2.75, 3.05) is 18.1 Å². The molecule has 1 N–H and O–H groups in total. The van der Waals surface area contributed by atoms with E-state index in [0.29, 0.717) is 19.1 Å². The number of sulfone groups is 1. The first-order valence-corrected chi connectivity index (χ1v) is 8.90. The molecule has 1 aromatic rings. The second-order valence-corrected chi connectivity index (χ2v) is 7.59. The summed E-state index contributed by atoms with van der Waals surface area (Å²) in [4.78, 5) is 0. The summed E-state index contributed by atoms with van der Waals surface area (Å²) in [5.74, 6) is 1.18. The quantitative estimate of drug-likeness (QED) is 0.711. The lowest BCUT2D eigenvalue weighted by molar-refractivity contribution is 0.317. The monoisotopic (exact) mass is 299 g/mol. The fourth-order valence-corrected chi connectivity index (χ4v) is 2.49. The summed E-state index contributed by atoms with van der Waals surface area (Å²) >= 11 is 0. The Kier molecular flexibility index (Phi) is 7.02. The molecular formula is C15H25NO3S. The summed E-state index contributed by atoms with van der Waals surface area (Å²) in [5.41, 5.74) is 1.21. The third kappa shape index (κ3) is 6.91. The van der Waals surface area contributed by atoms with Crippen molar-refractivity contribution in [2.45, 2.75) is 39.8 Å². The van der Waals surface area contributed by atoms with Crippen LogP contribution >= 0.6 is 0 Å². The van der Waals surface area contributed by atoms with E-state index in [1.54, 1.807) is 6.92 Å². The SMILES string of the molecule is CCS(=O)(=O)CCCOc1ccc(CNC(C)C)cc1. The standard InChI is InChI=1S/C15H25NO3S/c1-4-20(17,18)11-5-10-19-15-8-6-14(7-9-15)12-16-13(2)3/h6-9,13,16H,4-5,10-12H2,1-3H3. The van der Waals surface area contributed by atoms with Crippen LogP contribution in [0.25, 0.3) is 0 Å². The molecule has 4 nitrogen and oxygen atoms in total. The summed E-state index contributed by atoms with van der Waals surface area (Å²) in [6.45, 7) is 7.17. The van der Waals surface area contributed by atoms with Crippen molar-refractivity contribution in [3.05, 3.63) is 29.8 Å². The van der Waals surface area contributed by atoms with E-state index in [-0.39, 0.29) is 11.5 Å². The average Bonchev–Trinajstić information content (AvgIpc) is 2.42. The summed E-state index contributed by atoms with van der Waals surface area (Å²) in [6.07, 6.45) is 0.535. The Bertz CT molecular complexity index is 480. The number of nitrogens with one attached hydrogen (secondary N) is 1. The van der Waals surface area contributed by atoms with Crippen LogP contribution in [-0.4, -0.2) is 32.6 Å². The molecule has 0 heterocycles. The minimum atomic E-state index is -2.88. The highest BCUT2D eigenvalue weighted by Crippen LogP contribution is 2.12. The maximum absolute atomic E-state index is 11.3. The molecule has 0 aliphatic rings. The molecule has 0 spiro atoms. The smallest absolute Gasteiger partial charge is 0.150 e. The lowest BCUT2D eigenvalue weighted by atomic mass is 10.2. The van der Waals surface area contributed by atoms with Crippen molar-refractivity contribution < 1.29 is 13.2 Å². The number of ether oxygens (including phenoxy) is 1. The lowest BCUT2D eigenvalue weighted by Crippen LogP contribution is -2.21. The normalized spacial score (nSPS) is 11.8. The van der Waals surface area contributed by atoms with Crippen LogP contribution < -0.4 is 10.1 Å². The molecule has 20 heavy (non-hydrogen) atoms. The first-order chi connectivity index (χ1) is 9.43. The van der Waals surface area contributed by atoms with Crippen LogP contribution in [0.1, 0.15) is 32.8 Å². The number of hydrogen-bond acceptors (Lipinski definition) is 4. The second kappa shape index (κ2) is 8.27. The van der Waals surface area contributed by atoms with Gasteiger partial charge < -0.3 is 10.1 Å². The molecular weight excluding hydrogens is 274 g/mol. The van der Waals surface area contributed by atoms with Crippen LogP contribution in [0, 0.1) is 0 Å². The number of hydrogen-bond donors (Lipinski definition) is 1. The first kappa shape index (κ1) is 17.0. The highest BCUT2D eigenvalue weighted by molar-refractivity contribution is 7.91. The van der Waals surface area contributed by atoms with Crippen molar-refractivity contribution in [1.29, 1.82) is 0 Å². The summed E-state index contributed by atoms with van der Waals surface area (Å²) in [6, 6.07) is 8.35. The van der Waals surface area contributed by atoms with Gasteiger partial charge in [0.2, 0.25) is 0 Å². The van der Waals surface area contributed by atoms with E-state index in [2.05, 4.69) is 19.2 Å². The third-order valence-corrected chi connectivity index (χ3v) is 4.74. The van der Waals surface area contributed by atoms with Crippen molar-refractivity contribution >= 4 is 9.84 Å². The van der Waals surface area contributed by atoms with Gasteiger partial charge in [-0.05, 0) is 24.1 Å². The van der Waals surface area contributed by atoms with E-state index in [9.17, 15) is 8.42 Å². The molecule has 0 radical (unpaired) electrons. The van der Waals surface area contributed by atoms with E-state index in [4.69, 9.17) is 4.74 Å². The van der Waals surface area contributed by atoms with Crippen molar-refractivity contribution in [3.63, 3.8) is 0 Å². The molecule has 0 unspecified atom stereocenters. The first-order valence-electron chi connectivity index (χ1n) is 7.08. The Morgan fingerprint density at radius 2 is 1.85 bits per heavy atom. The Hall–Kier alpha value is -1.07. The molecule has 0 aliphatic carbocycles. The van der Waals surface area contributed by atoms with E-state index in [1.165, 1.54) is 5.56 Å². The van der Waals surface area contributed by atoms with E-state index in [1.807, 2.05) is 24.3 Å². The number of rotatable bonds is 9.